The summed E-state index contributed by atoms with van der Waals surface area (Å²) in [4.78, 5) is 27.4. The standard InChI is InChI=1S/C18H15NO5S/c20-17(19-7-8-25-16-4-2-1-3-13(16)19)10-22-18(21)12-5-6-14-15(9-12)24-11-23-14/h1-6,9H,7-8,10-11H2. The molecule has 2 aliphatic heterocycles. The van der Waals surface area contributed by atoms with Crippen LogP contribution in [0.1, 0.15) is 10.4 Å². The predicted molar refractivity (Wildman–Crippen MR) is 92.4 cm³/mol. The summed E-state index contributed by atoms with van der Waals surface area (Å²) in [6.07, 6.45) is 0. The van der Waals surface area contributed by atoms with E-state index in [-0.39, 0.29) is 19.3 Å². The molecular formula is C18H15NO5S. The SMILES string of the molecule is O=C(OCC(=O)N1CCSc2ccccc21)c1ccc2c(c1)OCO2. The topological polar surface area (TPSA) is 65.1 Å². The summed E-state index contributed by atoms with van der Waals surface area (Å²) in [6, 6.07) is 12.5. The van der Waals surface area contributed by atoms with Crippen LogP contribution in [0.25, 0.3) is 0 Å². The van der Waals surface area contributed by atoms with Gasteiger partial charge >= 0.3 is 5.97 Å². The normalized spacial score (nSPS) is 14.8. The molecule has 2 aromatic rings. The lowest BCUT2D eigenvalue weighted by atomic mass is 10.2. The maximum absolute atomic E-state index is 12.5. The zero-order chi connectivity index (χ0) is 17.2. The first-order valence-corrected chi connectivity index (χ1v) is 8.80. The summed E-state index contributed by atoms with van der Waals surface area (Å²) in [5.41, 5.74) is 1.19. The summed E-state index contributed by atoms with van der Waals surface area (Å²) in [7, 11) is 0. The van der Waals surface area contributed by atoms with Gasteiger partial charge in [0.05, 0.1) is 11.3 Å². The molecule has 0 radical (unpaired) electrons. The van der Waals surface area contributed by atoms with Gasteiger partial charge in [0.15, 0.2) is 18.1 Å². The average Bonchev–Trinajstić information content (AvgIpc) is 3.13. The van der Waals surface area contributed by atoms with Crippen molar-refractivity contribution in [2.45, 2.75) is 4.90 Å². The summed E-state index contributed by atoms with van der Waals surface area (Å²) in [6.45, 7) is 0.438. The molecule has 128 valence electrons. The average molecular weight is 357 g/mol. The van der Waals surface area contributed by atoms with Gasteiger partial charge in [-0.1, -0.05) is 12.1 Å². The van der Waals surface area contributed by atoms with Crippen LogP contribution in [-0.2, 0) is 9.53 Å². The van der Waals surface area contributed by atoms with E-state index in [2.05, 4.69) is 0 Å². The van der Waals surface area contributed by atoms with Gasteiger partial charge in [-0.15, -0.1) is 11.8 Å². The van der Waals surface area contributed by atoms with Crippen molar-refractivity contribution < 1.29 is 23.8 Å². The van der Waals surface area contributed by atoms with Gasteiger partial charge in [-0.25, -0.2) is 4.79 Å². The number of rotatable bonds is 3. The fourth-order valence-electron chi connectivity index (χ4n) is 2.74. The lowest BCUT2D eigenvalue weighted by Crippen LogP contribution is -2.38. The molecule has 6 nitrogen and oxygen atoms in total. The van der Waals surface area contributed by atoms with E-state index in [1.54, 1.807) is 34.9 Å². The van der Waals surface area contributed by atoms with Crippen molar-refractivity contribution in [2.24, 2.45) is 0 Å². The lowest BCUT2D eigenvalue weighted by molar-refractivity contribution is -0.121. The monoisotopic (exact) mass is 357 g/mol. The number of esters is 1. The number of para-hydroxylation sites is 1. The fraction of sp³-hybridized carbons (Fsp3) is 0.222. The number of hydrogen-bond donors (Lipinski definition) is 0. The van der Waals surface area contributed by atoms with E-state index >= 15 is 0 Å². The minimum Gasteiger partial charge on any atom is -0.454 e. The van der Waals surface area contributed by atoms with Gasteiger partial charge in [0, 0.05) is 17.2 Å². The molecule has 0 saturated heterocycles. The van der Waals surface area contributed by atoms with Gasteiger partial charge in [0.25, 0.3) is 5.91 Å². The van der Waals surface area contributed by atoms with Crippen LogP contribution in [0.5, 0.6) is 11.5 Å². The van der Waals surface area contributed by atoms with Gasteiger partial charge < -0.3 is 19.1 Å². The van der Waals surface area contributed by atoms with E-state index < -0.39 is 5.97 Å². The van der Waals surface area contributed by atoms with Crippen LogP contribution < -0.4 is 14.4 Å². The molecular weight excluding hydrogens is 342 g/mol. The highest BCUT2D eigenvalue weighted by molar-refractivity contribution is 7.99. The molecule has 2 heterocycles. The highest BCUT2D eigenvalue weighted by Gasteiger charge is 2.24. The van der Waals surface area contributed by atoms with Crippen LogP contribution in [-0.4, -0.2) is 37.6 Å². The van der Waals surface area contributed by atoms with Crippen LogP contribution in [0.2, 0.25) is 0 Å². The summed E-state index contributed by atoms with van der Waals surface area (Å²) in [5.74, 6) is 1.12. The Hall–Kier alpha value is -2.67. The molecule has 1 amide bonds. The molecule has 7 heteroatoms. The Kier molecular flexibility index (Phi) is 4.23. The molecule has 0 atom stereocenters. The van der Waals surface area contributed by atoms with E-state index in [1.807, 2.05) is 24.3 Å². The van der Waals surface area contributed by atoms with E-state index in [0.717, 1.165) is 16.3 Å². The first-order valence-electron chi connectivity index (χ1n) is 7.81. The Morgan fingerprint density at radius 1 is 1.12 bits per heavy atom. The Balaban J connectivity index is 1.42. The Bertz CT molecular complexity index is 838. The Morgan fingerprint density at radius 3 is 2.88 bits per heavy atom. The largest absolute Gasteiger partial charge is 0.454 e. The van der Waals surface area contributed by atoms with Crippen molar-refractivity contribution in [3.8, 4) is 11.5 Å². The first kappa shape index (κ1) is 15.8. The van der Waals surface area contributed by atoms with E-state index in [4.69, 9.17) is 14.2 Å². The second-order valence-electron chi connectivity index (χ2n) is 5.51. The lowest BCUT2D eigenvalue weighted by Gasteiger charge is -2.28. The molecule has 2 aliphatic rings. The third-order valence-electron chi connectivity index (χ3n) is 3.96. The maximum atomic E-state index is 12.5. The first-order chi connectivity index (χ1) is 12.2. The smallest absolute Gasteiger partial charge is 0.338 e. The molecule has 0 bridgehead atoms. The van der Waals surface area contributed by atoms with Gasteiger partial charge in [-0.2, -0.15) is 0 Å². The third-order valence-corrected chi connectivity index (χ3v) is 5.01. The van der Waals surface area contributed by atoms with Crippen molar-refractivity contribution in [3.05, 3.63) is 48.0 Å². The van der Waals surface area contributed by atoms with Crippen LogP contribution >= 0.6 is 11.8 Å². The van der Waals surface area contributed by atoms with Crippen molar-refractivity contribution >= 4 is 29.3 Å². The summed E-state index contributed by atoms with van der Waals surface area (Å²) in [5, 5.41) is 0. The number of ether oxygens (including phenoxy) is 3. The van der Waals surface area contributed by atoms with Crippen LogP contribution in [0.15, 0.2) is 47.4 Å². The van der Waals surface area contributed by atoms with Gasteiger partial charge in [-0.3, -0.25) is 4.79 Å². The van der Waals surface area contributed by atoms with Gasteiger partial charge in [0.1, 0.15) is 0 Å². The summed E-state index contributed by atoms with van der Waals surface area (Å²) >= 11 is 1.72. The van der Waals surface area contributed by atoms with Gasteiger partial charge in [0.2, 0.25) is 6.79 Å². The maximum Gasteiger partial charge on any atom is 0.338 e. The molecule has 0 spiro atoms. The molecule has 0 fully saturated rings. The van der Waals surface area contributed by atoms with Crippen molar-refractivity contribution in [1.29, 1.82) is 0 Å². The molecule has 0 saturated carbocycles. The summed E-state index contributed by atoms with van der Waals surface area (Å²) < 4.78 is 15.6. The number of nitrogens with zero attached hydrogens (tertiary/aromatic N) is 1. The highest BCUT2D eigenvalue weighted by atomic mass is 32.2. The molecule has 4 rings (SSSR count). The van der Waals surface area contributed by atoms with E-state index in [0.29, 0.717) is 23.6 Å². The predicted octanol–water partition coefficient (Wildman–Crippen LogP) is 2.71. The number of fused-ring (bicyclic) bond motifs is 2. The van der Waals surface area contributed by atoms with Crippen molar-refractivity contribution in [3.63, 3.8) is 0 Å². The number of amides is 1. The third kappa shape index (κ3) is 3.15. The quantitative estimate of drug-likeness (QED) is 0.787. The Morgan fingerprint density at radius 2 is 1.96 bits per heavy atom. The number of carbonyl (C=O) groups is 2. The number of hydrogen-bond acceptors (Lipinski definition) is 6. The Labute approximate surface area is 148 Å². The second kappa shape index (κ2) is 6.68. The van der Waals surface area contributed by atoms with Crippen molar-refractivity contribution in [2.75, 3.05) is 30.6 Å². The van der Waals surface area contributed by atoms with Crippen LogP contribution in [0, 0.1) is 0 Å². The number of anilines is 1. The minimum absolute atomic E-state index is 0.138. The molecule has 0 aliphatic carbocycles. The highest BCUT2D eigenvalue weighted by Crippen LogP contribution is 2.34. The fourth-order valence-corrected chi connectivity index (χ4v) is 3.74. The number of carbonyl (C=O) groups excluding carboxylic acids is 2. The van der Waals surface area contributed by atoms with Gasteiger partial charge in [-0.05, 0) is 30.3 Å². The van der Waals surface area contributed by atoms with Crippen molar-refractivity contribution in [1.82, 2.24) is 0 Å². The zero-order valence-electron chi connectivity index (χ0n) is 13.3. The molecule has 25 heavy (non-hydrogen) atoms. The number of thioether (sulfide) groups is 1. The molecule has 2 aromatic carbocycles. The van der Waals surface area contributed by atoms with E-state index in [9.17, 15) is 9.59 Å². The zero-order valence-corrected chi connectivity index (χ0v) is 14.1. The second-order valence-corrected chi connectivity index (χ2v) is 6.64. The van der Waals surface area contributed by atoms with Crippen LogP contribution in [0.3, 0.4) is 0 Å². The minimum atomic E-state index is -0.564. The number of benzene rings is 2. The molecule has 0 unspecified atom stereocenters. The molecule has 0 N–H and O–H groups in total. The van der Waals surface area contributed by atoms with Crippen LogP contribution in [0.4, 0.5) is 5.69 Å². The van der Waals surface area contributed by atoms with E-state index in [1.165, 1.54) is 0 Å². The molecule has 0 aromatic heterocycles.